The Morgan fingerprint density at radius 2 is 2.00 bits per heavy atom. The van der Waals surface area contributed by atoms with Gasteiger partial charge in [-0.05, 0) is 45.4 Å². The van der Waals surface area contributed by atoms with Gasteiger partial charge in [-0.25, -0.2) is 0 Å². The van der Waals surface area contributed by atoms with Gasteiger partial charge in [0.2, 0.25) is 0 Å². The van der Waals surface area contributed by atoms with Crippen molar-refractivity contribution >= 4 is 11.8 Å². The molecule has 0 amide bonds. The smallest absolute Gasteiger partial charge is 0.0707 e. The van der Waals surface area contributed by atoms with E-state index in [9.17, 15) is 0 Å². The first-order chi connectivity index (χ1) is 9.22. The first-order valence-electron chi connectivity index (χ1n) is 7.81. The number of hydrogen-bond donors (Lipinski definition) is 1. The Morgan fingerprint density at radius 1 is 1.26 bits per heavy atom. The molecule has 4 heteroatoms. The van der Waals surface area contributed by atoms with Crippen LogP contribution in [-0.4, -0.2) is 61.3 Å². The molecule has 3 unspecified atom stereocenters. The lowest BCUT2D eigenvalue weighted by atomic mass is 10.1. The van der Waals surface area contributed by atoms with Crippen molar-refractivity contribution < 1.29 is 4.74 Å². The van der Waals surface area contributed by atoms with Crippen molar-refractivity contribution in [1.29, 1.82) is 0 Å². The fraction of sp³-hybridized carbons (Fsp3) is 1.00. The van der Waals surface area contributed by atoms with Crippen molar-refractivity contribution in [3.63, 3.8) is 0 Å². The molecule has 2 rings (SSSR count). The van der Waals surface area contributed by atoms with Gasteiger partial charge >= 0.3 is 0 Å². The summed E-state index contributed by atoms with van der Waals surface area (Å²) in [6, 6.07) is 1.50. The molecule has 3 atom stereocenters. The van der Waals surface area contributed by atoms with Crippen LogP contribution in [0, 0.1) is 0 Å². The molecule has 0 spiro atoms. The minimum atomic E-state index is 0.451. The summed E-state index contributed by atoms with van der Waals surface area (Å²) in [7, 11) is 2.25. The zero-order chi connectivity index (χ0) is 13.7. The third kappa shape index (κ3) is 5.25. The maximum atomic E-state index is 6.17. The Kier molecular flexibility index (Phi) is 6.46. The van der Waals surface area contributed by atoms with E-state index in [0.717, 1.165) is 19.1 Å². The molecule has 1 saturated heterocycles. The van der Waals surface area contributed by atoms with Gasteiger partial charge in [0.05, 0.1) is 12.2 Å². The molecule has 0 aromatic carbocycles. The minimum absolute atomic E-state index is 0.451. The molecular weight excluding hydrogens is 256 g/mol. The fourth-order valence-electron chi connectivity index (χ4n) is 2.87. The Morgan fingerprint density at radius 3 is 2.63 bits per heavy atom. The van der Waals surface area contributed by atoms with Crippen LogP contribution in [0.25, 0.3) is 0 Å². The second kappa shape index (κ2) is 7.87. The van der Waals surface area contributed by atoms with E-state index in [-0.39, 0.29) is 0 Å². The van der Waals surface area contributed by atoms with E-state index in [1.807, 2.05) is 11.8 Å². The molecular formula is C15H30N2OS. The average molecular weight is 286 g/mol. The molecule has 1 aliphatic carbocycles. The lowest BCUT2D eigenvalue weighted by molar-refractivity contribution is 0.0218. The number of ether oxygens (including phenoxy) is 1. The molecule has 2 aliphatic rings. The maximum Gasteiger partial charge on any atom is 0.0707 e. The predicted molar refractivity (Wildman–Crippen MR) is 84.0 cm³/mol. The van der Waals surface area contributed by atoms with Gasteiger partial charge < -0.3 is 15.0 Å². The zero-order valence-electron chi connectivity index (χ0n) is 12.7. The summed E-state index contributed by atoms with van der Waals surface area (Å²) >= 11 is 1.95. The molecule has 112 valence electrons. The Hall–Kier alpha value is 0.230. The maximum absolute atomic E-state index is 6.17. The van der Waals surface area contributed by atoms with Crippen molar-refractivity contribution in [3.8, 4) is 0 Å². The topological polar surface area (TPSA) is 24.5 Å². The summed E-state index contributed by atoms with van der Waals surface area (Å²) in [5.74, 6) is 1.23. The van der Waals surface area contributed by atoms with Crippen LogP contribution >= 0.6 is 11.8 Å². The molecule has 19 heavy (non-hydrogen) atoms. The number of nitrogens with zero attached hydrogens (tertiary/aromatic N) is 1. The zero-order valence-corrected chi connectivity index (χ0v) is 13.5. The number of rotatable bonds is 9. The summed E-state index contributed by atoms with van der Waals surface area (Å²) in [6.45, 7) is 4.45. The van der Waals surface area contributed by atoms with Crippen LogP contribution in [0.4, 0.5) is 0 Å². The van der Waals surface area contributed by atoms with Crippen LogP contribution in [-0.2, 0) is 4.74 Å². The summed E-state index contributed by atoms with van der Waals surface area (Å²) in [4.78, 5) is 2.50. The number of thioether (sulfide) groups is 1. The normalized spacial score (nSPS) is 29.1. The van der Waals surface area contributed by atoms with Crippen LogP contribution in [0.2, 0.25) is 0 Å². The van der Waals surface area contributed by atoms with Crippen LogP contribution < -0.4 is 5.32 Å². The Balaban J connectivity index is 1.64. The summed E-state index contributed by atoms with van der Waals surface area (Å²) in [5, 5.41) is 3.58. The highest BCUT2D eigenvalue weighted by Crippen LogP contribution is 2.23. The first-order valence-corrected chi connectivity index (χ1v) is 9.20. The van der Waals surface area contributed by atoms with Gasteiger partial charge in [-0.3, -0.25) is 0 Å². The highest BCUT2D eigenvalue weighted by molar-refractivity contribution is 7.98. The first kappa shape index (κ1) is 15.6. The molecule has 1 aliphatic heterocycles. The molecule has 1 N–H and O–H groups in total. The second-order valence-electron chi connectivity index (χ2n) is 6.10. The van der Waals surface area contributed by atoms with E-state index < -0.39 is 0 Å². The van der Waals surface area contributed by atoms with Gasteiger partial charge in [0, 0.05) is 30.9 Å². The average Bonchev–Trinajstić information content (AvgIpc) is 3.14. The highest BCUT2D eigenvalue weighted by atomic mass is 32.2. The van der Waals surface area contributed by atoms with Crippen molar-refractivity contribution in [2.24, 2.45) is 0 Å². The highest BCUT2D eigenvalue weighted by Gasteiger charge is 2.29. The third-order valence-corrected chi connectivity index (χ3v) is 5.07. The molecule has 2 fully saturated rings. The number of hydrogen-bond acceptors (Lipinski definition) is 4. The molecule has 0 bridgehead atoms. The molecule has 0 aromatic rings. The lowest BCUT2D eigenvalue weighted by Gasteiger charge is -2.29. The van der Waals surface area contributed by atoms with Gasteiger partial charge in [-0.15, -0.1) is 0 Å². The third-order valence-electron chi connectivity index (χ3n) is 4.35. The van der Waals surface area contributed by atoms with Gasteiger partial charge in [-0.1, -0.05) is 6.92 Å². The van der Waals surface area contributed by atoms with Gasteiger partial charge in [0.25, 0.3) is 0 Å². The largest absolute Gasteiger partial charge is 0.372 e. The summed E-state index contributed by atoms with van der Waals surface area (Å²) in [6.07, 6.45) is 9.54. The summed E-state index contributed by atoms with van der Waals surface area (Å²) < 4.78 is 6.17. The predicted octanol–water partition coefficient (Wildman–Crippen LogP) is 2.36. The van der Waals surface area contributed by atoms with Gasteiger partial charge in [0.15, 0.2) is 0 Å². The van der Waals surface area contributed by atoms with E-state index in [1.54, 1.807) is 0 Å². The Labute approximate surface area is 122 Å². The minimum Gasteiger partial charge on any atom is -0.372 e. The van der Waals surface area contributed by atoms with Crippen LogP contribution in [0.3, 0.4) is 0 Å². The SMILES string of the molecule is CCC(CSC)N(C)CC1CCC(CNC2CC2)O1. The molecule has 1 saturated carbocycles. The molecule has 3 nitrogen and oxygen atoms in total. The van der Waals surface area contributed by atoms with Crippen molar-refractivity contribution in [2.45, 2.75) is 63.3 Å². The van der Waals surface area contributed by atoms with E-state index >= 15 is 0 Å². The fourth-order valence-corrected chi connectivity index (χ4v) is 3.74. The standard InChI is InChI=1S/C15H30N2OS/c1-4-13(11-19-3)17(2)10-15-8-7-14(18-15)9-16-12-5-6-12/h12-16H,4-11H2,1-3H3. The van der Waals surface area contributed by atoms with E-state index in [0.29, 0.717) is 18.2 Å². The monoisotopic (exact) mass is 286 g/mol. The second-order valence-corrected chi connectivity index (χ2v) is 7.01. The van der Waals surface area contributed by atoms with E-state index in [4.69, 9.17) is 4.74 Å². The van der Waals surface area contributed by atoms with Crippen LogP contribution in [0.5, 0.6) is 0 Å². The number of likely N-dealkylation sites (N-methyl/N-ethyl adjacent to an activating group) is 1. The molecule has 0 aromatic heterocycles. The summed E-state index contributed by atoms with van der Waals surface area (Å²) in [5.41, 5.74) is 0. The van der Waals surface area contributed by atoms with E-state index in [1.165, 1.54) is 37.9 Å². The molecule has 0 radical (unpaired) electrons. The molecule has 1 heterocycles. The number of nitrogens with one attached hydrogen (secondary N) is 1. The van der Waals surface area contributed by atoms with E-state index in [2.05, 4.69) is 30.4 Å². The van der Waals surface area contributed by atoms with Crippen molar-refractivity contribution in [2.75, 3.05) is 32.1 Å². The van der Waals surface area contributed by atoms with Crippen molar-refractivity contribution in [1.82, 2.24) is 10.2 Å². The quantitative estimate of drug-likeness (QED) is 0.703. The van der Waals surface area contributed by atoms with Crippen molar-refractivity contribution in [3.05, 3.63) is 0 Å². The van der Waals surface area contributed by atoms with Gasteiger partial charge in [-0.2, -0.15) is 11.8 Å². The lowest BCUT2D eigenvalue weighted by Crippen LogP contribution is -2.39. The van der Waals surface area contributed by atoms with Crippen LogP contribution in [0.15, 0.2) is 0 Å². The van der Waals surface area contributed by atoms with Crippen LogP contribution in [0.1, 0.15) is 39.0 Å². The Bertz CT molecular complexity index is 261. The van der Waals surface area contributed by atoms with Gasteiger partial charge in [0.1, 0.15) is 0 Å².